The molecule has 2 unspecified atom stereocenters. The summed E-state index contributed by atoms with van der Waals surface area (Å²) >= 11 is 6.77. The summed E-state index contributed by atoms with van der Waals surface area (Å²) in [7, 11) is -4.36. The Morgan fingerprint density at radius 3 is 2.59 bits per heavy atom. The first kappa shape index (κ1) is 22.9. The van der Waals surface area contributed by atoms with Crippen LogP contribution in [0.25, 0.3) is 0 Å². The zero-order chi connectivity index (χ0) is 22.7. The van der Waals surface area contributed by atoms with Crippen molar-refractivity contribution in [2.45, 2.75) is 36.5 Å². The van der Waals surface area contributed by atoms with Crippen LogP contribution < -0.4 is 9.46 Å². The Bertz CT molecular complexity index is 1180. The van der Waals surface area contributed by atoms with Gasteiger partial charge in [0.2, 0.25) is 5.13 Å². The van der Waals surface area contributed by atoms with Crippen LogP contribution in [-0.2, 0) is 10.0 Å². The molecule has 6 nitrogen and oxygen atoms in total. The number of benzene rings is 2. The van der Waals surface area contributed by atoms with Gasteiger partial charge in [0.1, 0.15) is 17.0 Å². The van der Waals surface area contributed by atoms with E-state index in [0.717, 1.165) is 55.2 Å². The number of nitrogens with one attached hydrogen (secondary N) is 1. The molecule has 1 aliphatic carbocycles. The van der Waals surface area contributed by atoms with Crippen LogP contribution in [0, 0.1) is 17.6 Å². The highest BCUT2D eigenvalue weighted by atomic mass is 35.5. The summed E-state index contributed by atoms with van der Waals surface area (Å²) in [5, 5.41) is 0.612. The van der Waals surface area contributed by atoms with Gasteiger partial charge in [-0.2, -0.15) is 4.37 Å². The lowest BCUT2D eigenvalue weighted by atomic mass is 9.76. The maximum Gasteiger partial charge on any atom is 0.266 e. The van der Waals surface area contributed by atoms with Crippen LogP contribution in [-0.4, -0.2) is 24.4 Å². The maximum atomic E-state index is 14.6. The molecular formula is C21H20ClF2N3O3S2. The van der Waals surface area contributed by atoms with E-state index in [1.165, 1.54) is 0 Å². The smallest absolute Gasteiger partial charge is 0.266 e. The second kappa shape index (κ2) is 9.68. The van der Waals surface area contributed by atoms with Gasteiger partial charge in [-0.1, -0.05) is 36.6 Å². The van der Waals surface area contributed by atoms with E-state index in [1.807, 2.05) is 24.3 Å². The van der Waals surface area contributed by atoms with Gasteiger partial charge in [0.25, 0.3) is 10.0 Å². The molecule has 32 heavy (non-hydrogen) atoms. The SMILES string of the molecule is O=S(=O)(Nc1ncns1)c1cc(F)c(OCC2CCCCC2c2ccc(Cl)cc2)cc1F. The maximum absolute atomic E-state index is 14.6. The topological polar surface area (TPSA) is 81.2 Å². The Morgan fingerprint density at radius 1 is 1.12 bits per heavy atom. The molecule has 2 aromatic carbocycles. The van der Waals surface area contributed by atoms with Gasteiger partial charge >= 0.3 is 0 Å². The Kier molecular flexibility index (Phi) is 6.92. The molecule has 1 N–H and O–H groups in total. The van der Waals surface area contributed by atoms with Crippen molar-refractivity contribution in [2.24, 2.45) is 5.92 Å². The van der Waals surface area contributed by atoms with Crippen LogP contribution in [0.2, 0.25) is 5.02 Å². The van der Waals surface area contributed by atoms with Crippen molar-refractivity contribution in [1.82, 2.24) is 9.36 Å². The average molecular weight is 500 g/mol. The Morgan fingerprint density at radius 2 is 1.88 bits per heavy atom. The van der Waals surface area contributed by atoms with E-state index in [1.54, 1.807) is 0 Å². The van der Waals surface area contributed by atoms with Gasteiger partial charge in [-0.15, -0.1) is 0 Å². The lowest BCUT2D eigenvalue weighted by molar-refractivity contribution is 0.180. The number of rotatable bonds is 7. The van der Waals surface area contributed by atoms with E-state index in [-0.39, 0.29) is 29.3 Å². The Labute approximate surface area is 193 Å². The second-order valence-electron chi connectivity index (χ2n) is 7.58. The minimum atomic E-state index is -4.36. The molecule has 3 aromatic rings. The van der Waals surface area contributed by atoms with Crippen LogP contribution in [0.3, 0.4) is 0 Å². The van der Waals surface area contributed by atoms with Gasteiger partial charge in [-0.25, -0.2) is 22.2 Å². The van der Waals surface area contributed by atoms with Crippen LogP contribution in [0.15, 0.2) is 47.6 Å². The van der Waals surface area contributed by atoms with E-state index >= 15 is 0 Å². The third kappa shape index (κ3) is 5.19. The number of aromatic nitrogens is 2. The second-order valence-corrected chi connectivity index (χ2v) is 10.4. The Hall–Kier alpha value is -2.30. The molecule has 0 bridgehead atoms. The number of hydrogen-bond acceptors (Lipinski definition) is 6. The standard InChI is InChI=1S/C21H20ClF2N3O3S2/c22-15-7-5-13(6-8-15)16-4-2-1-3-14(16)11-30-19-9-18(24)20(10-17(19)23)32(28,29)27-21-25-12-26-31-21/h5-10,12,14,16H,1-4,11H2,(H,25,26,27). The molecule has 2 atom stereocenters. The summed E-state index contributed by atoms with van der Waals surface area (Å²) in [5.41, 5.74) is 1.14. The van der Waals surface area contributed by atoms with E-state index in [4.69, 9.17) is 16.3 Å². The molecule has 4 rings (SSSR count). The van der Waals surface area contributed by atoms with Crippen molar-refractivity contribution in [3.63, 3.8) is 0 Å². The summed E-state index contributed by atoms with van der Waals surface area (Å²) in [4.78, 5) is 2.86. The normalized spacial score (nSPS) is 19.0. The van der Waals surface area contributed by atoms with Crippen LogP contribution >= 0.6 is 23.1 Å². The first-order valence-corrected chi connectivity index (χ1v) is 12.6. The van der Waals surface area contributed by atoms with Gasteiger partial charge in [0, 0.05) is 28.7 Å². The monoisotopic (exact) mass is 499 g/mol. The number of sulfonamides is 1. The first-order valence-electron chi connectivity index (χ1n) is 10.0. The predicted octanol–water partition coefficient (Wildman–Crippen LogP) is 5.62. The van der Waals surface area contributed by atoms with Gasteiger partial charge in [0.05, 0.1) is 6.61 Å². The number of hydrogen-bond donors (Lipinski definition) is 1. The molecule has 11 heteroatoms. The van der Waals surface area contributed by atoms with Gasteiger partial charge in [0.15, 0.2) is 11.6 Å². The highest BCUT2D eigenvalue weighted by Gasteiger charge is 2.28. The fraction of sp³-hybridized carbons (Fsp3) is 0.333. The highest BCUT2D eigenvalue weighted by Crippen LogP contribution is 2.39. The summed E-state index contributed by atoms with van der Waals surface area (Å²) in [6.45, 7) is 0.193. The summed E-state index contributed by atoms with van der Waals surface area (Å²) in [5.74, 6) is -2.04. The third-order valence-corrected chi connectivity index (χ3v) is 7.83. The van der Waals surface area contributed by atoms with E-state index < -0.39 is 26.6 Å². The van der Waals surface area contributed by atoms with E-state index in [0.29, 0.717) is 11.1 Å². The zero-order valence-electron chi connectivity index (χ0n) is 16.8. The lowest BCUT2D eigenvalue weighted by Crippen LogP contribution is -2.24. The fourth-order valence-corrected chi connectivity index (χ4v) is 5.83. The molecule has 0 spiro atoms. The molecular weight excluding hydrogens is 480 g/mol. The first-order chi connectivity index (χ1) is 15.3. The molecule has 1 aromatic heterocycles. The minimum Gasteiger partial charge on any atom is -0.490 e. The number of anilines is 1. The minimum absolute atomic E-state index is 0.0457. The lowest BCUT2D eigenvalue weighted by Gasteiger charge is -2.32. The third-order valence-electron chi connectivity index (χ3n) is 5.52. The van der Waals surface area contributed by atoms with Gasteiger partial charge < -0.3 is 4.74 Å². The number of ether oxygens (including phenoxy) is 1. The average Bonchev–Trinajstić information content (AvgIpc) is 3.27. The largest absolute Gasteiger partial charge is 0.490 e. The summed E-state index contributed by atoms with van der Waals surface area (Å²) in [6.07, 6.45) is 5.14. The van der Waals surface area contributed by atoms with Crippen LogP contribution in [0.4, 0.5) is 13.9 Å². The molecule has 1 saturated carbocycles. The van der Waals surface area contributed by atoms with E-state index in [2.05, 4.69) is 14.1 Å². The zero-order valence-corrected chi connectivity index (χ0v) is 19.2. The van der Waals surface area contributed by atoms with Crippen LogP contribution in [0.5, 0.6) is 5.75 Å². The highest BCUT2D eigenvalue weighted by molar-refractivity contribution is 7.93. The molecule has 170 valence electrons. The fourth-order valence-electron chi connectivity index (χ4n) is 3.97. The van der Waals surface area contributed by atoms with Crippen molar-refractivity contribution in [2.75, 3.05) is 11.3 Å². The van der Waals surface area contributed by atoms with Crippen molar-refractivity contribution in [3.8, 4) is 5.75 Å². The number of nitrogens with zero attached hydrogens (tertiary/aromatic N) is 2. The molecule has 1 aliphatic rings. The van der Waals surface area contributed by atoms with Crippen molar-refractivity contribution >= 4 is 38.3 Å². The van der Waals surface area contributed by atoms with Gasteiger partial charge in [-0.05, 0) is 42.4 Å². The van der Waals surface area contributed by atoms with Crippen molar-refractivity contribution in [3.05, 3.63) is 64.9 Å². The molecule has 0 saturated heterocycles. The van der Waals surface area contributed by atoms with Crippen molar-refractivity contribution in [1.29, 1.82) is 0 Å². The quantitative estimate of drug-likeness (QED) is 0.456. The molecule has 1 heterocycles. The summed E-state index contributed by atoms with van der Waals surface area (Å²) in [6, 6.07) is 9.03. The predicted molar refractivity (Wildman–Crippen MR) is 119 cm³/mol. The van der Waals surface area contributed by atoms with Gasteiger partial charge in [-0.3, -0.25) is 4.72 Å². The molecule has 1 fully saturated rings. The number of halogens is 3. The van der Waals surface area contributed by atoms with Crippen LogP contribution in [0.1, 0.15) is 37.2 Å². The van der Waals surface area contributed by atoms with E-state index in [9.17, 15) is 17.2 Å². The molecule has 0 radical (unpaired) electrons. The van der Waals surface area contributed by atoms with Crippen molar-refractivity contribution < 1.29 is 21.9 Å². The molecule has 0 aliphatic heterocycles. The Balaban J connectivity index is 1.49. The molecule has 0 amide bonds. The summed E-state index contributed by atoms with van der Waals surface area (Å²) < 4.78 is 65.4.